The Bertz CT molecular complexity index is 436. The Balaban J connectivity index is 2.10. The molecular weight excluding hydrogens is 232 g/mol. The molecule has 0 heterocycles. The fourth-order valence-corrected chi connectivity index (χ4v) is 3.57. The maximum absolute atomic E-state index is 5.98. The van der Waals surface area contributed by atoms with Gasteiger partial charge < -0.3 is 5.73 Å². The summed E-state index contributed by atoms with van der Waals surface area (Å²) in [5.74, 6) is 0. The summed E-state index contributed by atoms with van der Waals surface area (Å²) in [5.41, 5.74) is 7.73. The number of hydrogen-bond acceptors (Lipinski definition) is 2. The van der Waals surface area contributed by atoms with E-state index in [2.05, 4.69) is 45.0 Å². The molecule has 0 spiro atoms. The fraction of sp³-hybridized carbons (Fsp3) is 0.588. The fourth-order valence-electron chi connectivity index (χ4n) is 3.57. The molecule has 104 valence electrons. The van der Waals surface area contributed by atoms with Crippen molar-refractivity contribution in [2.24, 2.45) is 21.6 Å². The maximum atomic E-state index is 5.98. The minimum atomic E-state index is 0.237. The van der Waals surface area contributed by atoms with Crippen LogP contribution in [0, 0.1) is 10.8 Å². The van der Waals surface area contributed by atoms with Gasteiger partial charge in [0.2, 0.25) is 0 Å². The van der Waals surface area contributed by atoms with Gasteiger partial charge in [0.05, 0.1) is 6.04 Å². The van der Waals surface area contributed by atoms with Gasteiger partial charge >= 0.3 is 0 Å². The van der Waals surface area contributed by atoms with Gasteiger partial charge in [-0.15, -0.1) is 0 Å². The van der Waals surface area contributed by atoms with Crippen molar-refractivity contribution >= 4 is 6.21 Å². The molecule has 0 aromatic heterocycles. The van der Waals surface area contributed by atoms with E-state index in [-0.39, 0.29) is 5.41 Å². The van der Waals surface area contributed by atoms with Gasteiger partial charge in [0, 0.05) is 6.21 Å². The highest BCUT2D eigenvalue weighted by molar-refractivity contribution is 5.79. The average molecular weight is 258 g/mol. The lowest BCUT2D eigenvalue weighted by molar-refractivity contribution is 0.0913. The summed E-state index contributed by atoms with van der Waals surface area (Å²) in [6, 6.07) is 10.7. The Morgan fingerprint density at radius 1 is 1.21 bits per heavy atom. The normalized spacial score (nSPS) is 30.6. The van der Waals surface area contributed by atoms with Crippen LogP contribution in [-0.4, -0.2) is 18.8 Å². The molecule has 0 bridgehead atoms. The second kappa shape index (κ2) is 5.46. The van der Waals surface area contributed by atoms with Crippen molar-refractivity contribution in [1.29, 1.82) is 0 Å². The first-order valence-corrected chi connectivity index (χ1v) is 7.21. The smallest absolute Gasteiger partial charge is 0.0510 e. The van der Waals surface area contributed by atoms with Crippen LogP contribution in [0.4, 0.5) is 0 Å². The van der Waals surface area contributed by atoms with Crippen molar-refractivity contribution in [3.05, 3.63) is 35.9 Å². The quantitative estimate of drug-likeness (QED) is 0.826. The summed E-state index contributed by atoms with van der Waals surface area (Å²) in [5, 5.41) is 0. The number of nitrogens with two attached hydrogens (primary N) is 1. The van der Waals surface area contributed by atoms with Crippen molar-refractivity contribution in [2.45, 2.75) is 46.1 Å². The summed E-state index contributed by atoms with van der Waals surface area (Å²) in [4.78, 5) is 4.81. The molecule has 2 unspecified atom stereocenters. The topological polar surface area (TPSA) is 38.4 Å². The molecule has 1 aromatic carbocycles. The standard InChI is InChI=1S/C17H26N2/c1-16(2)9-15(10-17(3,12-16)13-18)19-11-14-7-5-4-6-8-14/h4-8,11,15H,9-10,12-13,18H2,1-3H3. The Kier molecular flexibility index (Phi) is 4.10. The molecule has 2 rings (SSSR count). The van der Waals surface area contributed by atoms with Crippen molar-refractivity contribution in [3.8, 4) is 0 Å². The van der Waals surface area contributed by atoms with Gasteiger partial charge in [0.25, 0.3) is 0 Å². The van der Waals surface area contributed by atoms with Gasteiger partial charge in [0.15, 0.2) is 0 Å². The van der Waals surface area contributed by atoms with Crippen molar-refractivity contribution < 1.29 is 0 Å². The van der Waals surface area contributed by atoms with Crippen LogP contribution in [-0.2, 0) is 0 Å². The average Bonchev–Trinajstić information content (AvgIpc) is 2.35. The van der Waals surface area contributed by atoms with E-state index in [9.17, 15) is 0 Å². The van der Waals surface area contributed by atoms with Crippen LogP contribution >= 0.6 is 0 Å². The van der Waals surface area contributed by atoms with Crippen LogP contribution in [0.3, 0.4) is 0 Å². The van der Waals surface area contributed by atoms with Crippen LogP contribution in [0.5, 0.6) is 0 Å². The highest BCUT2D eigenvalue weighted by Crippen LogP contribution is 2.46. The van der Waals surface area contributed by atoms with Crippen LogP contribution in [0.15, 0.2) is 35.3 Å². The molecule has 2 N–H and O–H groups in total. The number of nitrogens with zero attached hydrogens (tertiary/aromatic N) is 1. The number of hydrogen-bond donors (Lipinski definition) is 1. The molecule has 0 saturated heterocycles. The second-order valence-corrected chi connectivity index (χ2v) is 7.11. The largest absolute Gasteiger partial charge is 0.330 e. The number of rotatable bonds is 3. The monoisotopic (exact) mass is 258 g/mol. The van der Waals surface area contributed by atoms with Crippen molar-refractivity contribution in [2.75, 3.05) is 6.54 Å². The Labute approximate surface area is 117 Å². The van der Waals surface area contributed by atoms with E-state index >= 15 is 0 Å². The van der Waals surface area contributed by atoms with E-state index in [0.29, 0.717) is 11.5 Å². The Morgan fingerprint density at radius 3 is 2.53 bits per heavy atom. The first kappa shape index (κ1) is 14.3. The van der Waals surface area contributed by atoms with E-state index in [0.717, 1.165) is 19.4 Å². The number of benzene rings is 1. The summed E-state index contributed by atoms with van der Waals surface area (Å²) in [6.07, 6.45) is 5.49. The highest BCUT2D eigenvalue weighted by atomic mass is 14.8. The zero-order valence-electron chi connectivity index (χ0n) is 12.4. The zero-order valence-corrected chi connectivity index (χ0v) is 12.4. The van der Waals surface area contributed by atoms with Crippen LogP contribution in [0.2, 0.25) is 0 Å². The lowest BCUT2D eigenvalue weighted by Gasteiger charge is -2.45. The van der Waals surface area contributed by atoms with Gasteiger partial charge in [-0.25, -0.2) is 0 Å². The van der Waals surface area contributed by atoms with E-state index < -0.39 is 0 Å². The highest BCUT2D eigenvalue weighted by Gasteiger charge is 2.40. The van der Waals surface area contributed by atoms with Crippen LogP contribution < -0.4 is 5.73 Å². The Morgan fingerprint density at radius 2 is 1.89 bits per heavy atom. The molecule has 0 aliphatic heterocycles. The van der Waals surface area contributed by atoms with Crippen molar-refractivity contribution in [1.82, 2.24) is 0 Å². The number of aliphatic imine (C=N–C) groups is 1. The van der Waals surface area contributed by atoms with Gasteiger partial charge in [-0.05, 0) is 42.2 Å². The predicted molar refractivity (Wildman–Crippen MR) is 82.6 cm³/mol. The lowest BCUT2D eigenvalue weighted by atomic mass is 9.63. The van der Waals surface area contributed by atoms with E-state index in [4.69, 9.17) is 10.7 Å². The molecule has 19 heavy (non-hydrogen) atoms. The first-order chi connectivity index (χ1) is 8.92. The summed E-state index contributed by atoms with van der Waals surface area (Å²) < 4.78 is 0. The molecule has 1 aromatic rings. The van der Waals surface area contributed by atoms with E-state index in [1.54, 1.807) is 0 Å². The molecule has 2 atom stereocenters. The molecule has 2 nitrogen and oxygen atoms in total. The molecular formula is C17H26N2. The summed E-state index contributed by atoms with van der Waals surface area (Å²) in [6.45, 7) is 7.74. The van der Waals surface area contributed by atoms with Gasteiger partial charge in [-0.3, -0.25) is 4.99 Å². The minimum absolute atomic E-state index is 0.237. The second-order valence-electron chi connectivity index (χ2n) is 7.11. The van der Waals surface area contributed by atoms with Crippen LogP contribution in [0.1, 0.15) is 45.6 Å². The van der Waals surface area contributed by atoms with Crippen molar-refractivity contribution in [3.63, 3.8) is 0 Å². The van der Waals surface area contributed by atoms with Gasteiger partial charge in [-0.1, -0.05) is 51.1 Å². The third kappa shape index (κ3) is 3.90. The van der Waals surface area contributed by atoms with E-state index in [1.165, 1.54) is 12.0 Å². The molecule has 1 fully saturated rings. The molecule has 0 amide bonds. The lowest BCUT2D eigenvalue weighted by Crippen LogP contribution is -2.41. The molecule has 2 heteroatoms. The minimum Gasteiger partial charge on any atom is -0.330 e. The summed E-state index contributed by atoms with van der Waals surface area (Å²) >= 11 is 0. The third-order valence-electron chi connectivity index (χ3n) is 4.15. The molecule has 1 saturated carbocycles. The summed E-state index contributed by atoms with van der Waals surface area (Å²) in [7, 11) is 0. The zero-order chi connectivity index (χ0) is 13.9. The maximum Gasteiger partial charge on any atom is 0.0510 e. The third-order valence-corrected chi connectivity index (χ3v) is 4.15. The van der Waals surface area contributed by atoms with Crippen LogP contribution in [0.25, 0.3) is 0 Å². The van der Waals surface area contributed by atoms with E-state index in [1.807, 2.05) is 12.3 Å². The molecule has 1 aliphatic carbocycles. The Hall–Kier alpha value is -1.15. The molecule has 0 radical (unpaired) electrons. The molecule has 1 aliphatic rings. The van der Waals surface area contributed by atoms with Gasteiger partial charge in [0.1, 0.15) is 0 Å². The predicted octanol–water partition coefficient (Wildman–Crippen LogP) is 3.65. The SMILES string of the molecule is CC1(C)CC(N=Cc2ccccc2)CC(C)(CN)C1. The van der Waals surface area contributed by atoms with Gasteiger partial charge in [-0.2, -0.15) is 0 Å². The first-order valence-electron chi connectivity index (χ1n) is 7.21.